The molecule has 0 spiro atoms. The van der Waals surface area contributed by atoms with Crippen LogP contribution in [-0.2, 0) is 13.0 Å². The second-order valence-corrected chi connectivity index (χ2v) is 8.49. The van der Waals surface area contributed by atoms with Crippen molar-refractivity contribution in [3.05, 3.63) is 60.9 Å². The van der Waals surface area contributed by atoms with Crippen molar-refractivity contribution in [3.63, 3.8) is 0 Å². The molecule has 1 unspecified atom stereocenters. The fourth-order valence-corrected chi connectivity index (χ4v) is 5.81. The third-order valence-electron chi connectivity index (χ3n) is 6.39. The summed E-state index contributed by atoms with van der Waals surface area (Å²) in [4.78, 5) is 27.9. The molecule has 2 N–H and O–H groups in total. The number of hydrogen-bond donors (Lipinski definition) is 2. The van der Waals surface area contributed by atoms with Crippen molar-refractivity contribution in [2.24, 2.45) is 5.92 Å². The number of thiophene rings is 1. The number of benzene rings is 1. The van der Waals surface area contributed by atoms with Gasteiger partial charge in [-0.2, -0.15) is 0 Å². The molecule has 2 aliphatic rings. The van der Waals surface area contributed by atoms with E-state index in [0.717, 1.165) is 31.6 Å². The van der Waals surface area contributed by atoms with Crippen LogP contribution < -0.4 is 21.3 Å². The minimum atomic E-state index is -0.323. The van der Waals surface area contributed by atoms with Gasteiger partial charge in [0.15, 0.2) is 0 Å². The molecular weight excluding hydrogens is 374 g/mol. The molecule has 1 aliphatic carbocycles. The van der Waals surface area contributed by atoms with Crippen LogP contribution in [-0.4, -0.2) is 29.2 Å². The number of nitrogens with one attached hydrogen (secondary N) is 2. The van der Waals surface area contributed by atoms with Crippen molar-refractivity contribution in [1.29, 1.82) is 0 Å². The van der Waals surface area contributed by atoms with Gasteiger partial charge < -0.3 is 15.0 Å². The van der Waals surface area contributed by atoms with Crippen LogP contribution in [0.4, 0.5) is 0 Å². The Labute approximate surface area is 166 Å². The summed E-state index contributed by atoms with van der Waals surface area (Å²) in [5, 5.41) is 7.85. The lowest BCUT2D eigenvalue weighted by Crippen LogP contribution is -2.37. The monoisotopic (exact) mass is 397 g/mol. The highest BCUT2D eigenvalue weighted by molar-refractivity contribution is 7.09. The predicted molar refractivity (Wildman–Crippen MR) is 111 cm³/mol. The fourth-order valence-electron chi connectivity index (χ4n) is 5.05. The molecule has 6 nitrogen and oxygen atoms in total. The second-order valence-electron chi connectivity index (χ2n) is 7.74. The maximum absolute atomic E-state index is 12.7. The number of nitrogens with zero attached hydrogens (tertiary/aromatic N) is 1. The first-order chi connectivity index (χ1) is 13.7. The van der Waals surface area contributed by atoms with Crippen molar-refractivity contribution < 1.29 is 4.74 Å². The van der Waals surface area contributed by atoms with Gasteiger partial charge in [-0.1, -0.05) is 12.1 Å². The van der Waals surface area contributed by atoms with E-state index in [1.54, 1.807) is 17.9 Å². The summed E-state index contributed by atoms with van der Waals surface area (Å²) in [7, 11) is 1.73. The summed E-state index contributed by atoms with van der Waals surface area (Å²) >= 11 is 1.43. The van der Waals surface area contributed by atoms with Crippen LogP contribution in [0, 0.1) is 5.92 Å². The van der Waals surface area contributed by atoms with Gasteiger partial charge in [0.1, 0.15) is 5.75 Å². The molecule has 0 amide bonds. The van der Waals surface area contributed by atoms with Crippen molar-refractivity contribution in [3.8, 4) is 5.75 Å². The Bertz CT molecular complexity index is 1150. The second kappa shape index (κ2) is 6.90. The molecule has 0 saturated carbocycles. The number of hydrogen-bond acceptors (Lipinski definition) is 5. The topological polar surface area (TPSA) is 76.1 Å². The molecule has 3 aromatic rings. The highest BCUT2D eigenvalue weighted by Gasteiger charge is 2.40. The lowest BCUT2D eigenvalue weighted by atomic mass is 9.73. The van der Waals surface area contributed by atoms with Gasteiger partial charge in [-0.3, -0.25) is 9.36 Å². The van der Waals surface area contributed by atoms with Crippen molar-refractivity contribution in [1.82, 2.24) is 14.9 Å². The van der Waals surface area contributed by atoms with Crippen LogP contribution in [0.25, 0.3) is 10.9 Å². The van der Waals surface area contributed by atoms with Crippen LogP contribution in [0.1, 0.15) is 29.9 Å². The number of methoxy groups -OCH3 is 1. The Kier molecular flexibility index (Phi) is 4.36. The summed E-state index contributed by atoms with van der Waals surface area (Å²) < 4.78 is 6.93. The van der Waals surface area contributed by atoms with E-state index in [1.165, 1.54) is 27.0 Å². The third kappa shape index (κ3) is 2.72. The Balaban J connectivity index is 1.44. The molecule has 3 heterocycles. The van der Waals surface area contributed by atoms with Gasteiger partial charge in [-0.15, -0.1) is 11.3 Å². The summed E-state index contributed by atoms with van der Waals surface area (Å²) in [5.74, 6) is 1.97. The van der Waals surface area contributed by atoms with E-state index in [0.29, 0.717) is 29.3 Å². The minimum absolute atomic E-state index is 0.194. The van der Waals surface area contributed by atoms with E-state index in [2.05, 4.69) is 22.4 Å². The van der Waals surface area contributed by atoms with Crippen molar-refractivity contribution in [2.75, 3.05) is 13.7 Å². The Hall–Kier alpha value is -2.38. The number of rotatable bonds is 4. The normalized spacial score (nSPS) is 23.5. The quantitative estimate of drug-likeness (QED) is 0.709. The van der Waals surface area contributed by atoms with Gasteiger partial charge >= 0.3 is 5.69 Å². The third-order valence-corrected chi connectivity index (χ3v) is 7.13. The molecule has 1 aliphatic heterocycles. The number of fused-ring (bicyclic) bond motifs is 4. The van der Waals surface area contributed by atoms with Gasteiger partial charge in [0.2, 0.25) is 0 Å². The Morgan fingerprint density at radius 2 is 2.18 bits per heavy atom. The van der Waals surface area contributed by atoms with Gasteiger partial charge in [-0.05, 0) is 48.9 Å². The zero-order valence-corrected chi connectivity index (χ0v) is 16.6. The minimum Gasteiger partial charge on any atom is -0.496 e. The van der Waals surface area contributed by atoms with Gasteiger partial charge in [0.25, 0.3) is 5.56 Å². The first kappa shape index (κ1) is 17.7. The lowest BCUT2D eigenvalue weighted by Gasteiger charge is -2.32. The molecule has 0 radical (unpaired) electrons. The van der Waals surface area contributed by atoms with E-state index >= 15 is 0 Å². The first-order valence-electron chi connectivity index (χ1n) is 9.75. The first-order valence-corrected chi connectivity index (χ1v) is 10.7. The SMILES string of the molecule is COc1cccc2c1CC[C@H]1CNC(CCn3c(=O)[nH]c4cscc4c3=O)[C@@H]21. The number of aromatic amines is 1. The standard InChI is InChI=1S/C21H23N3O3S/c1-27-18-4-2-3-14-13(18)6-5-12-9-22-16(19(12)14)7-8-24-20(25)15-10-28-11-17(15)23-21(24)26/h2-4,10-12,16,19,22H,5-9H2,1H3,(H,23,26)/t12-,16?,19+/m0/s1. The number of aromatic nitrogens is 2. The number of ether oxygens (including phenoxy) is 1. The molecule has 146 valence electrons. The number of H-pyrrole nitrogens is 1. The largest absolute Gasteiger partial charge is 0.496 e. The van der Waals surface area contributed by atoms with Crippen LogP contribution >= 0.6 is 11.3 Å². The molecule has 7 heteroatoms. The summed E-state index contributed by atoms with van der Waals surface area (Å²) in [5.41, 5.74) is 2.79. The molecule has 1 aromatic carbocycles. The van der Waals surface area contributed by atoms with Crippen molar-refractivity contribution in [2.45, 2.75) is 37.8 Å². The maximum atomic E-state index is 12.7. The summed E-state index contributed by atoms with van der Waals surface area (Å²) in [6, 6.07) is 6.56. The van der Waals surface area contributed by atoms with Gasteiger partial charge in [0.05, 0.1) is 18.0 Å². The molecule has 1 fully saturated rings. The van der Waals surface area contributed by atoms with Crippen LogP contribution in [0.2, 0.25) is 0 Å². The molecule has 1 saturated heterocycles. The Morgan fingerprint density at radius 3 is 3.04 bits per heavy atom. The van der Waals surface area contributed by atoms with E-state index in [1.807, 2.05) is 6.07 Å². The molecular formula is C21H23N3O3S. The van der Waals surface area contributed by atoms with E-state index in [-0.39, 0.29) is 17.3 Å². The zero-order chi connectivity index (χ0) is 19.3. The average Bonchev–Trinajstić information content (AvgIpc) is 3.34. The molecule has 2 aromatic heterocycles. The van der Waals surface area contributed by atoms with Crippen LogP contribution in [0.5, 0.6) is 5.75 Å². The average molecular weight is 398 g/mol. The van der Waals surface area contributed by atoms with E-state index in [9.17, 15) is 9.59 Å². The van der Waals surface area contributed by atoms with Gasteiger partial charge in [-0.25, -0.2) is 4.79 Å². The van der Waals surface area contributed by atoms with Crippen molar-refractivity contribution >= 4 is 22.2 Å². The Morgan fingerprint density at radius 1 is 1.29 bits per heavy atom. The molecule has 28 heavy (non-hydrogen) atoms. The molecule has 5 rings (SSSR count). The lowest BCUT2D eigenvalue weighted by molar-refractivity contribution is 0.371. The molecule has 0 bridgehead atoms. The summed E-state index contributed by atoms with van der Waals surface area (Å²) in [6.07, 6.45) is 2.93. The predicted octanol–water partition coefficient (Wildman–Crippen LogP) is 2.47. The fraction of sp³-hybridized carbons (Fsp3) is 0.429. The highest BCUT2D eigenvalue weighted by atomic mass is 32.1. The maximum Gasteiger partial charge on any atom is 0.328 e. The summed E-state index contributed by atoms with van der Waals surface area (Å²) in [6.45, 7) is 1.40. The van der Waals surface area contributed by atoms with Crippen LogP contribution in [0.3, 0.4) is 0 Å². The van der Waals surface area contributed by atoms with E-state index in [4.69, 9.17) is 4.74 Å². The van der Waals surface area contributed by atoms with Crippen LogP contribution in [0.15, 0.2) is 38.5 Å². The van der Waals surface area contributed by atoms with E-state index < -0.39 is 0 Å². The smallest absolute Gasteiger partial charge is 0.328 e. The zero-order valence-electron chi connectivity index (χ0n) is 15.7. The molecule has 3 atom stereocenters. The van der Waals surface area contributed by atoms with Gasteiger partial charge in [0, 0.05) is 29.3 Å². The highest BCUT2D eigenvalue weighted by Crippen LogP contribution is 2.45.